The van der Waals surface area contributed by atoms with Gasteiger partial charge in [-0.15, -0.1) is 11.3 Å². The quantitative estimate of drug-likeness (QED) is 0.768. The first-order chi connectivity index (χ1) is 11.7. The first kappa shape index (κ1) is 16.7. The van der Waals surface area contributed by atoms with Crippen molar-refractivity contribution in [1.29, 1.82) is 0 Å². The van der Waals surface area contributed by atoms with E-state index in [1.54, 1.807) is 6.92 Å². The van der Waals surface area contributed by atoms with Gasteiger partial charge in [0.1, 0.15) is 5.75 Å². The van der Waals surface area contributed by atoms with E-state index in [0.29, 0.717) is 13.2 Å². The second-order valence-electron chi connectivity index (χ2n) is 5.67. The highest BCUT2D eigenvalue weighted by Gasteiger charge is 2.40. The zero-order valence-electron chi connectivity index (χ0n) is 13.8. The van der Waals surface area contributed by atoms with Crippen LogP contribution in [0.1, 0.15) is 47.0 Å². The van der Waals surface area contributed by atoms with Crippen LogP contribution < -0.4 is 4.74 Å². The number of ketones is 1. The van der Waals surface area contributed by atoms with Gasteiger partial charge in [-0.05, 0) is 48.6 Å². The molecule has 5 heteroatoms. The number of esters is 1. The molecule has 0 spiro atoms. The summed E-state index contributed by atoms with van der Waals surface area (Å²) in [5, 5.41) is 1.91. The molecule has 2 aromatic rings. The summed E-state index contributed by atoms with van der Waals surface area (Å²) in [4.78, 5) is 25.6. The molecule has 1 aliphatic carbocycles. The number of ether oxygens (including phenoxy) is 2. The third kappa shape index (κ3) is 3.08. The Bertz CT molecular complexity index is 732. The monoisotopic (exact) mass is 344 g/mol. The van der Waals surface area contributed by atoms with Gasteiger partial charge in [0.15, 0.2) is 5.78 Å². The lowest BCUT2D eigenvalue weighted by Crippen LogP contribution is -2.32. The standard InChI is InChI=1S/C19H20O4S/c1-3-22-13-7-5-12(6-8-13)17-14-9-10-24-18(14)16(20)11-15(17)19(21)23-4-2/h5-10,15,17H,3-4,11H2,1-2H3/t15-,17-/m1/s1. The van der Waals surface area contributed by atoms with Gasteiger partial charge in [-0.1, -0.05) is 12.1 Å². The third-order valence-electron chi connectivity index (χ3n) is 4.23. The van der Waals surface area contributed by atoms with Crippen LogP contribution in [0, 0.1) is 5.92 Å². The summed E-state index contributed by atoms with van der Waals surface area (Å²) < 4.78 is 10.7. The van der Waals surface area contributed by atoms with Crippen molar-refractivity contribution in [3.05, 3.63) is 51.7 Å². The number of Topliss-reactive ketones (excluding diaryl/α,β-unsaturated/α-hetero) is 1. The Morgan fingerprint density at radius 2 is 1.92 bits per heavy atom. The van der Waals surface area contributed by atoms with Gasteiger partial charge < -0.3 is 9.47 Å². The van der Waals surface area contributed by atoms with Gasteiger partial charge in [-0.25, -0.2) is 0 Å². The Hall–Kier alpha value is -2.14. The largest absolute Gasteiger partial charge is 0.494 e. The Morgan fingerprint density at radius 3 is 2.58 bits per heavy atom. The minimum atomic E-state index is -0.475. The van der Waals surface area contributed by atoms with Gasteiger partial charge in [0, 0.05) is 12.3 Å². The molecule has 0 fully saturated rings. The van der Waals surface area contributed by atoms with E-state index in [1.807, 2.05) is 42.6 Å². The van der Waals surface area contributed by atoms with Crippen molar-refractivity contribution in [1.82, 2.24) is 0 Å². The van der Waals surface area contributed by atoms with Crippen LogP contribution in [0.4, 0.5) is 0 Å². The molecule has 0 aliphatic heterocycles. The highest BCUT2D eigenvalue weighted by atomic mass is 32.1. The fourth-order valence-electron chi connectivity index (χ4n) is 3.24. The van der Waals surface area contributed by atoms with E-state index in [-0.39, 0.29) is 24.1 Å². The zero-order valence-corrected chi connectivity index (χ0v) is 14.6. The second-order valence-corrected chi connectivity index (χ2v) is 6.59. The highest BCUT2D eigenvalue weighted by Crippen LogP contribution is 2.43. The molecule has 0 saturated carbocycles. The predicted molar refractivity (Wildman–Crippen MR) is 92.8 cm³/mol. The maximum atomic E-state index is 12.4. The first-order valence-corrected chi connectivity index (χ1v) is 9.03. The number of benzene rings is 1. The fourth-order valence-corrected chi connectivity index (χ4v) is 4.13. The summed E-state index contributed by atoms with van der Waals surface area (Å²) in [6.07, 6.45) is 0.199. The van der Waals surface area contributed by atoms with E-state index < -0.39 is 5.92 Å². The van der Waals surface area contributed by atoms with Gasteiger partial charge in [-0.2, -0.15) is 0 Å². The minimum Gasteiger partial charge on any atom is -0.494 e. The number of fused-ring (bicyclic) bond motifs is 1. The van der Waals surface area contributed by atoms with E-state index in [0.717, 1.165) is 21.8 Å². The summed E-state index contributed by atoms with van der Waals surface area (Å²) in [6, 6.07) is 9.70. The number of carbonyl (C=O) groups is 2. The molecule has 0 bridgehead atoms. The van der Waals surface area contributed by atoms with E-state index in [2.05, 4.69) is 0 Å². The van der Waals surface area contributed by atoms with Gasteiger partial charge in [0.25, 0.3) is 0 Å². The van der Waals surface area contributed by atoms with Crippen LogP contribution in [-0.4, -0.2) is 25.0 Å². The van der Waals surface area contributed by atoms with E-state index in [4.69, 9.17) is 9.47 Å². The average Bonchev–Trinajstić information content (AvgIpc) is 3.06. The Morgan fingerprint density at radius 1 is 1.17 bits per heavy atom. The van der Waals surface area contributed by atoms with Crippen molar-refractivity contribution < 1.29 is 19.1 Å². The lowest BCUT2D eigenvalue weighted by atomic mass is 9.74. The molecule has 1 aromatic carbocycles. The van der Waals surface area contributed by atoms with Gasteiger partial charge in [0.2, 0.25) is 0 Å². The molecule has 4 nitrogen and oxygen atoms in total. The molecule has 1 heterocycles. The first-order valence-electron chi connectivity index (χ1n) is 8.15. The number of rotatable bonds is 5. The van der Waals surface area contributed by atoms with Crippen molar-refractivity contribution >= 4 is 23.1 Å². The molecule has 1 aromatic heterocycles. The summed E-state index contributed by atoms with van der Waals surface area (Å²) in [6.45, 7) is 4.65. The molecular weight excluding hydrogens is 324 g/mol. The maximum absolute atomic E-state index is 12.4. The lowest BCUT2D eigenvalue weighted by Gasteiger charge is -2.30. The van der Waals surface area contributed by atoms with Crippen LogP contribution >= 0.6 is 11.3 Å². The van der Waals surface area contributed by atoms with Gasteiger partial charge >= 0.3 is 5.97 Å². The Kier molecular flexibility index (Phi) is 5.00. The van der Waals surface area contributed by atoms with Crippen LogP contribution in [0.15, 0.2) is 35.7 Å². The number of hydrogen-bond donors (Lipinski definition) is 0. The molecule has 126 valence electrons. The number of carbonyl (C=O) groups excluding carboxylic acids is 2. The fraction of sp³-hybridized carbons (Fsp3) is 0.368. The molecule has 0 N–H and O–H groups in total. The van der Waals surface area contributed by atoms with E-state index >= 15 is 0 Å². The molecule has 0 radical (unpaired) electrons. The molecule has 2 atom stereocenters. The van der Waals surface area contributed by atoms with Crippen molar-refractivity contribution in [2.75, 3.05) is 13.2 Å². The van der Waals surface area contributed by atoms with Crippen molar-refractivity contribution in [3.63, 3.8) is 0 Å². The lowest BCUT2D eigenvalue weighted by molar-refractivity contribution is -0.148. The van der Waals surface area contributed by atoms with Crippen LogP contribution in [0.25, 0.3) is 0 Å². The number of hydrogen-bond acceptors (Lipinski definition) is 5. The van der Waals surface area contributed by atoms with Crippen LogP contribution in [0.5, 0.6) is 5.75 Å². The van der Waals surface area contributed by atoms with Crippen molar-refractivity contribution in [2.45, 2.75) is 26.2 Å². The van der Waals surface area contributed by atoms with Crippen LogP contribution in [-0.2, 0) is 9.53 Å². The molecule has 24 heavy (non-hydrogen) atoms. The normalized spacial score (nSPS) is 19.7. The summed E-state index contributed by atoms with van der Waals surface area (Å²) >= 11 is 1.44. The average molecular weight is 344 g/mol. The van der Waals surface area contributed by atoms with E-state index in [1.165, 1.54) is 11.3 Å². The summed E-state index contributed by atoms with van der Waals surface area (Å²) in [5.41, 5.74) is 1.93. The SMILES string of the molecule is CCOC(=O)[C@@H]1CC(=O)c2sccc2[C@H]1c1ccc(OCC)cc1. The summed E-state index contributed by atoms with van der Waals surface area (Å²) in [5.74, 6) is -0.107. The molecule has 0 unspecified atom stereocenters. The second kappa shape index (κ2) is 7.18. The van der Waals surface area contributed by atoms with Crippen LogP contribution in [0.3, 0.4) is 0 Å². The molecule has 0 amide bonds. The zero-order chi connectivity index (χ0) is 17.1. The van der Waals surface area contributed by atoms with Crippen LogP contribution in [0.2, 0.25) is 0 Å². The van der Waals surface area contributed by atoms with E-state index in [9.17, 15) is 9.59 Å². The van der Waals surface area contributed by atoms with Gasteiger partial charge in [0.05, 0.1) is 24.0 Å². The Labute approximate surface area is 145 Å². The highest BCUT2D eigenvalue weighted by molar-refractivity contribution is 7.12. The predicted octanol–water partition coefficient (Wildman–Crippen LogP) is 4.04. The molecule has 0 saturated heterocycles. The third-order valence-corrected chi connectivity index (χ3v) is 5.20. The molecular formula is C19H20O4S. The summed E-state index contributed by atoms with van der Waals surface area (Å²) in [7, 11) is 0. The molecule has 3 rings (SSSR count). The maximum Gasteiger partial charge on any atom is 0.310 e. The topological polar surface area (TPSA) is 52.6 Å². The van der Waals surface area contributed by atoms with Gasteiger partial charge in [-0.3, -0.25) is 9.59 Å². The van der Waals surface area contributed by atoms with Crippen molar-refractivity contribution in [3.8, 4) is 5.75 Å². The number of thiophene rings is 1. The van der Waals surface area contributed by atoms with Crippen molar-refractivity contribution in [2.24, 2.45) is 5.92 Å². The Balaban J connectivity index is 2.01. The molecule has 1 aliphatic rings. The smallest absolute Gasteiger partial charge is 0.310 e. The minimum absolute atomic E-state index is 0.0280.